The van der Waals surface area contributed by atoms with Gasteiger partial charge in [-0.05, 0) is 167 Å². The van der Waals surface area contributed by atoms with Crippen LogP contribution in [0.25, 0.3) is 0 Å². The fourth-order valence-electron chi connectivity index (χ4n) is 19.9. The number of esters is 1. The molecule has 9 nitrogen and oxygen atoms in total. The largest absolute Gasteiger partial charge is 0.454 e. The van der Waals surface area contributed by atoms with Crippen LogP contribution in [0.2, 0.25) is 0 Å². The number of benzene rings is 1. The van der Waals surface area contributed by atoms with Crippen LogP contribution >= 0.6 is 0 Å². The number of aldehydes is 1. The molecule has 0 amide bonds. The van der Waals surface area contributed by atoms with E-state index in [0.717, 1.165) is 73.5 Å². The van der Waals surface area contributed by atoms with Crippen molar-refractivity contribution in [3.05, 3.63) is 46.5 Å². The summed E-state index contributed by atoms with van der Waals surface area (Å²) in [5.74, 6) is 6.35. The predicted octanol–water partition coefficient (Wildman–Crippen LogP) is 8.13. The Labute approximate surface area is 400 Å². The fraction of sp³-hybridized carbons (Fsp3) is 0.793. The number of ether oxygens (including phenoxy) is 1. The minimum atomic E-state index is -1.72. The van der Waals surface area contributed by atoms with Crippen molar-refractivity contribution in [1.29, 1.82) is 0 Å². The van der Waals surface area contributed by atoms with E-state index in [4.69, 9.17) is 4.74 Å². The Kier molecular flexibility index (Phi) is 11.9. The third kappa shape index (κ3) is 6.53. The lowest BCUT2D eigenvalue weighted by atomic mass is 9.33. The number of fused-ring (bicyclic) bond motifs is 7. The summed E-state index contributed by atoms with van der Waals surface area (Å²) in [4.78, 5) is 28.6. The van der Waals surface area contributed by atoms with Crippen molar-refractivity contribution in [1.82, 2.24) is 5.32 Å². The zero-order valence-electron chi connectivity index (χ0n) is 40.8. The van der Waals surface area contributed by atoms with E-state index in [2.05, 4.69) is 31.0 Å². The molecule has 0 aromatic heterocycles. The van der Waals surface area contributed by atoms with E-state index in [9.17, 15) is 35.1 Å². The zero-order valence-corrected chi connectivity index (χ0v) is 40.8. The topological polar surface area (TPSA) is 157 Å². The molecule has 0 radical (unpaired) electrons. The second-order valence-corrected chi connectivity index (χ2v) is 24.9. The maximum Gasteiger partial charge on any atom is 0.331 e. The van der Waals surface area contributed by atoms with E-state index in [0.29, 0.717) is 82.0 Å². The van der Waals surface area contributed by atoms with Crippen molar-refractivity contribution in [2.75, 3.05) is 7.05 Å². The first-order valence-corrected chi connectivity index (χ1v) is 27.4. The average Bonchev–Trinajstić information content (AvgIpc) is 4.12. The van der Waals surface area contributed by atoms with Gasteiger partial charge in [0.1, 0.15) is 18.0 Å². The van der Waals surface area contributed by atoms with Crippen LogP contribution in [0, 0.1) is 87.3 Å². The van der Waals surface area contributed by atoms with Gasteiger partial charge in [-0.15, -0.1) is 0 Å². The number of hydrogen-bond acceptors (Lipinski definition) is 9. The molecule has 1 heterocycles. The number of carbonyl (C=O) groups is 2. The third-order valence-corrected chi connectivity index (χ3v) is 22.7. The van der Waals surface area contributed by atoms with Gasteiger partial charge in [0.15, 0.2) is 0 Å². The van der Waals surface area contributed by atoms with Gasteiger partial charge in [0.05, 0.1) is 29.3 Å². The van der Waals surface area contributed by atoms with E-state index in [1.807, 2.05) is 25.2 Å². The fourth-order valence-corrected chi connectivity index (χ4v) is 19.9. The van der Waals surface area contributed by atoms with Crippen molar-refractivity contribution in [2.45, 2.75) is 203 Å². The molecule has 2 spiro atoms. The summed E-state index contributed by atoms with van der Waals surface area (Å²) in [5, 5.41) is 70.5. The highest BCUT2D eigenvalue weighted by Gasteiger charge is 2.84. The van der Waals surface area contributed by atoms with E-state index in [1.54, 1.807) is 6.08 Å². The van der Waals surface area contributed by atoms with Gasteiger partial charge in [-0.2, -0.15) is 0 Å². The monoisotopic (exact) mass is 920 g/mol. The summed E-state index contributed by atoms with van der Waals surface area (Å²) in [5.41, 5.74) is -4.00. The number of likely N-dealkylation sites (N-methyl/N-ethyl adjacent to an activating group) is 1. The molecule has 1 aromatic carbocycles. The molecule has 0 unspecified atom stereocenters. The maximum absolute atomic E-state index is 14.9. The summed E-state index contributed by atoms with van der Waals surface area (Å²) in [6, 6.07) is 5.80. The maximum atomic E-state index is 14.9. The van der Waals surface area contributed by atoms with Crippen LogP contribution in [0.4, 0.5) is 0 Å². The Bertz CT molecular complexity index is 2190. The molecule has 366 valence electrons. The molecule has 11 rings (SSSR count). The van der Waals surface area contributed by atoms with Crippen LogP contribution in [0.1, 0.15) is 172 Å². The third-order valence-electron chi connectivity index (χ3n) is 22.7. The Hall–Kier alpha value is -2.58. The van der Waals surface area contributed by atoms with Crippen LogP contribution in [0.3, 0.4) is 0 Å². The molecule has 8 saturated carbocycles. The zero-order chi connectivity index (χ0) is 46.7. The lowest BCUT2D eigenvalue weighted by molar-refractivity contribution is -0.355. The number of nitrogens with one attached hydrogen (secondary N) is 1. The Morgan fingerprint density at radius 1 is 0.970 bits per heavy atom. The SMILES string of the molecule is CCCCC[C@@H]1CC[C@]2(C1)C[C@]1(C=O)[C@H]3CC[C@@]45CCC#Cc6cccc(CO)c6C[C@@H](NC)[C@@H]6C[C@@H](C[C@]4(O)[C@]3(O)C[C@H]3C[C@@H]([C@@H](C)C4CCCC4)CC[C@H]([C@H]2O)[C@@]31O)[C@@H]5C1=CC(=O)O[C@@H]16. The van der Waals surface area contributed by atoms with Crippen molar-refractivity contribution >= 4 is 12.3 Å². The summed E-state index contributed by atoms with van der Waals surface area (Å²) in [6.07, 6.45) is 20.1. The van der Waals surface area contributed by atoms with E-state index in [1.165, 1.54) is 32.1 Å². The van der Waals surface area contributed by atoms with Gasteiger partial charge < -0.3 is 40.4 Å². The Morgan fingerprint density at radius 3 is 2.55 bits per heavy atom. The highest BCUT2D eigenvalue weighted by atomic mass is 16.5. The Balaban J connectivity index is 1.06. The smallest absolute Gasteiger partial charge is 0.331 e. The number of unbranched alkanes of at least 4 members (excludes halogenated alkanes) is 2. The molecule has 10 aliphatic rings. The lowest BCUT2D eigenvalue weighted by Crippen LogP contribution is -2.82. The van der Waals surface area contributed by atoms with E-state index in [-0.39, 0.29) is 48.7 Å². The number of carbonyl (C=O) groups excluding carboxylic acids is 2. The molecule has 9 aliphatic carbocycles. The molecule has 67 heavy (non-hydrogen) atoms. The quantitative estimate of drug-likeness (QED) is 0.0624. The second kappa shape index (κ2) is 17.0. The second-order valence-electron chi connectivity index (χ2n) is 24.9. The van der Waals surface area contributed by atoms with Crippen molar-refractivity contribution in [3.63, 3.8) is 0 Å². The van der Waals surface area contributed by atoms with Crippen LogP contribution in [-0.4, -0.2) is 79.9 Å². The number of aliphatic hydroxyl groups excluding tert-OH is 2. The highest BCUT2D eigenvalue weighted by Crippen LogP contribution is 2.79. The number of aliphatic hydroxyl groups is 5. The molecule has 1 aromatic rings. The van der Waals surface area contributed by atoms with Crippen molar-refractivity contribution in [3.8, 4) is 11.8 Å². The van der Waals surface area contributed by atoms with Gasteiger partial charge in [-0.1, -0.05) is 89.2 Å². The van der Waals surface area contributed by atoms with Gasteiger partial charge in [0.25, 0.3) is 0 Å². The van der Waals surface area contributed by atoms with Crippen LogP contribution in [-0.2, 0) is 27.4 Å². The molecule has 6 N–H and O–H groups in total. The Morgan fingerprint density at radius 2 is 1.79 bits per heavy atom. The predicted molar refractivity (Wildman–Crippen MR) is 256 cm³/mol. The van der Waals surface area contributed by atoms with Gasteiger partial charge in [0.2, 0.25) is 0 Å². The summed E-state index contributed by atoms with van der Waals surface area (Å²) in [7, 11) is 1.95. The minimum Gasteiger partial charge on any atom is -0.454 e. The molecular weight excluding hydrogens is 839 g/mol. The van der Waals surface area contributed by atoms with E-state index >= 15 is 0 Å². The van der Waals surface area contributed by atoms with Gasteiger partial charge in [-0.3, -0.25) is 0 Å². The molecule has 18 atom stereocenters. The molecular formula is C58H81NO8. The van der Waals surface area contributed by atoms with Crippen molar-refractivity contribution < 1.29 is 39.9 Å². The van der Waals surface area contributed by atoms with E-state index < -0.39 is 63.0 Å². The van der Waals surface area contributed by atoms with Gasteiger partial charge in [-0.25, -0.2) is 4.79 Å². The minimum absolute atomic E-state index is 0.0739. The number of rotatable bonds is 9. The average molecular weight is 920 g/mol. The first-order chi connectivity index (χ1) is 32.3. The van der Waals surface area contributed by atoms with Crippen LogP contribution < -0.4 is 5.32 Å². The summed E-state index contributed by atoms with van der Waals surface area (Å²) in [6.45, 7) is 4.54. The standard InChI is InChI=1S/C58H81NO8/c1-4-5-6-12-36-20-23-53(29-36)33-55(34-61)48-21-24-54-22-10-9-15-38-16-11-17-40(32-60)43(38)27-47(59-3)44-26-41(50(54)45-28-49(62)67-51(44)45)30-57(54,65)56(48,64)31-42-25-39(35(2)37-13-7-8-14-37)18-19-46(52(53)63)58(42,55)66/h11,16-17,28,34-37,39,41-42,44,46-48,50-52,59-60,63-66H,4-8,10,12-14,18-27,29-33H2,1-3H3/t35-,36+,39-,41-,42+,44-,46+,47+,48+,50+,51+,52+,53-,54+,55-,56-,57+,58-/m0/s1. The molecule has 4 bridgehead atoms. The molecule has 9 heteroatoms. The summed E-state index contributed by atoms with van der Waals surface area (Å²) < 4.78 is 6.34. The van der Waals surface area contributed by atoms with Crippen LogP contribution in [0.15, 0.2) is 29.8 Å². The van der Waals surface area contributed by atoms with Gasteiger partial charge in [0, 0.05) is 47.3 Å². The first-order valence-electron chi connectivity index (χ1n) is 27.4. The van der Waals surface area contributed by atoms with Gasteiger partial charge >= 0.3 is 5.97 Å². The highest BCUT2D eigenvalue weighted by molar-refractivity contribution is 5.86. The molecule has 8 fully saturated rings. The molecule has 1 aliphatic heterocycles. The van der Waals surface area contributed by atoms with Crippen molar-refractivity contribution in [2.24, 2.45) is 75.4 Å². The number of hydrogen-bond donors (Lipinski definition) is 6. The lowest BCUT2D eigenvalue weighted by Gasteiger charge is -2.73. The summed E-state index contributed by atoms with van der Waals surface area (Å²) >= 11 is 0. The normalized spacial score (nSPS) is 47.9. The van der Waals surface area contributed by atoms with Crippen LogP contribution in [0.5, 0.6) is 0 Å². The molecule has 0 saturated heterocycles. The first kappa shape index (κ1) is 46.8.